The highest BCUT2D eigenvalue weighted by atomic mass is 35.5. The summed E-state index contributed by atoms with van der Waals surface area (Å²) < 4.78 is 5.40. The third-order valence-electron chi connectivity index (χ3n) is 4.29. The Kier molecular flexibility index (Phi) is 8.45. The number of nitrogens with two attached hydrogens (primary N) is 1. The molecule has 0 aromatic heterocycles. The minimum Gasteiger partial charge on any atom is -0.381 e. The van der Waals surface area contributed by atoms with Gasteiger partial charge < -0.3 is 15.8 Å². The topological polar surface area (TPSA) is 64.4 Å². The molecule has 3 N–H and O–H groups in total. The fraction of sp³-hybridized carbons (Fsp3) is 0.350. The Bertz CT molecular complexity index is 703. The van der Waals surface area contributed by atoms with Gasteiger partial charge in [0.2, 0.25) is 0 Å². The van der Waals surface area contributed by atoms with Crippen molar-refractivity contribution in [3.05, 3.63) is 65.2 Å². The average Bonchev–Trinajstić information content (AvgIpc) is 2.67. The average molecular weight is 393 g/mol. The maximum atomic E-state index is 12.4. The van der Waals surface area contributed by atoms with Gasteiger partial charge in [-0.05, 0) is 48.2 Å². The number of halogens is 1. The van der Waals surface area contributed by atoms with E-state index in [0.29, 0.717) is 17.4 Å². The first-order valence-electron chi connectivity index (χ1n) is 8.63. The largest absolute Gasteiger partial charge is 0.381 e. The van der Waals surface area contributed by atoms with Crippen LogP contribution in [0.25, 0.3) is 0 Å². The first-order valence-corrected chi connectivity index (χ1v) is 9.68. The van der Waals surface area contributed by atoms with Crippen LogP contribution in [0.1, 0.15) is 34.3 Å². The molecular weight excluding hydrogens is 368 g/mol. The molecule has 1 fully saturated rings. The lowest BCUT2D eigenvalue weighted by Crippen LogP contribution is -2.17. The molecule has 140 valence electrons. The second kappa shape index (κ2) is 10.6. The van der Waals surface area contributed by atoms with Gasteiger partial charge in [-0.2, -0.15) is 11.8 Å². The highest BCUT2D eigenvalue weighted by Gasteiger charge is 2.14. The summed E-state index contributed by atoms with van der Waals surface area (Å²) in [4.78, 5) is 12.4. The fourth-order valence-electron chi connectivity index (χ4n) is 2.79. The summed E-state index contributed by atoms with van der Waals surface area (Å²) >= 11 is 1.97. The molecule has 3 rings (SSSR count). The molecule has 1 saturated heterocycles. The van der Waals surface area contributed by atoms with E-state index < -0.39 is 0 Å². The van der Waals surface area contributed by atoms with Crippen LogP contribution in [0.4, 0.5) is 5.69 Å². The van der Waals surface area contributed by atoms with Crippen LogP contribution in [0.15, 0.2) is 48.5 Å². The fourth-order valence-corrected chi connectivity index (χ4v) is 3.92. The summed E-state index contributed by atoms with van der Waals surface area (Å²) in [6, 6.07) is 15.5. The quantitative estimate of drug-likeness (QED) is 0.772. The van der Waals surface area contributed by atoms with Gasteiger partial charge in [0.15, 0.2) is 0 Å². The Balaban J connectivity index is 0.00000243. The third-order valence-corrected chi connectivity index (χ3v) is 5.73. The number of carbonyl (C=O) groups excluding carboxylic acids is 1. The molecule has 2 aromatic carbocycles. The molecule has 0 spiro atoms. The molecule has 0 aliphatic carbocycles. The van der Waals surface area contributed by atoms with Gasteiger partial charge in [0.1, 0.15) is 0 Å². The van der Waals surface area contributed by atoms with Crippen molar-refractivity contribution >= 4 is 35.8 Å². The van der Waals surface area contributed by atoms with E-state index in [1.165, 1.54) is 5.56 Å². The lowest BCUT2D eigenvalue weighted by Gasteiger charge is -2.21. The van der Waals surface area contributed by atoms with Crippen LogP contribution in [-0.2, 0) is 17.0 Å². The molecule has 0 bridgehead atoms. The maximum absolute atomic E-state index is 12.4. The lowest BCUT2D eigenvalue weighted by atomic mass is 10.1. The predicted octanol–water partition coefficient (Wildman–Crippen LogP) is 4.23. The number of rotatable bonds is 6. The Hall–Kier alpha value is -1.53. The molecule has 2 aromatic rings. The molecule has 0 saturated carbocycles. The molecule has 1 aliphatic rings. The molecule has 26 heavy (non-hydrogen) atoms. The Morgan fingerprint density at radius 3 is 2.54 bits per heavy atom. The molecule has 0 atom stereocenters. The normalized spacial score (nSPS) is 14.5. The highest BCUT2D eigenvalue weighted by Crippen LogP contribution is 2.26. The number of anilines is 1. The van der Waals surface area contributed by atoms with Crippen molar-refractivity contribution in [3.63, 3.8) is 0 Å². The zero-order valence-electron chi connectivity index (χ0n) is 14.6. The van der Waals surface area contributed by atoms with E-state index in [1.54, 1.807) is 0 Å². The van der Waals surface area contributed by atoms with E-state index in [9.17, 15) is 4.79 Å². The minimum absolute atomic E-state index is 0. The number of carbonyl (C=O) groups is 1. The Morgan fingerprint density at radius 1 is 1.12 bits per heavy atom. The van der Waals surface area contributed by atoms with Gasteiger partial charge in [0, 0.05) is 42.0 Å². The molecule has 1 aliphatic heterocycles. The van der Waals surface area contributed by atoms with Gasteiger partial charge >= 0.3 is 0 Å². The van der Waals surface area contributed by atoms with E-state index in [2.05, 4.69) is 17.4 Å². The van der Waals surface area contributed by atoms with Crippen LogP contribution >= 0.6 is 24.2 Å². The number of benzene rings is 2. The first-order chi connectivity index (χ1) is 12.2. The predicted molar refractivity (Wildman–Crippen MR) is 111 cm³/mol. The summed E-state index contributed by atoms with van der Waals surface area (Å²) in [5.41, 5.74) is 9.31. The maximum Gasteiger partial charge on any atom is 0.255 e. The number of thioether (sulfide) groups is 1. The van der Waals surface area contributed by atoms with Gasteiger partial charge in [-0.3, -0.25) is 4.79 Å². The molecule has 0 unspecified atom stereocenters. The zero-order valence-corrected chi connectivity index (χ0v) is 16.3. The van der Waals surface area contributed by atoms with E-state index in [0.717, 1.165) is 43.1 Å². The standard InChI is InChI=1S/C20H24N2O2S.ClH/c21-13-15-4-6-17(7-5-15)20(23)22-18-3-1-2-16(12-18)14-25-19-8-10-24-11-9-19;/h1-7,12,19H,8-11,13-14,21H2,(H,22,23);1H. The summed E-state index contributed by atoms with van der Waals surface area (Å²) in [6.45, 7) is 2.22. The number of hydrogen-bond donors (Lipinski definition) is 2. The van der Waals surface area contributed by atoms with Crippen LogP contribution in [0, 0.1) is 0 Å². The summed E-state index contributed by atoms with van der Waals surface area (Å²) in [5.74, 6) is 0.859. The van der Waals surface area contributed by atoms with E-state index >= 15 is 0 Å². The van der Waals surface area contributed by atoms with Crippen LogP contribution in [0.5, 0.6) is 0 Å². The van der Waals surface area contributed by atoms with E-state index in [1.807, 2.05) is 48.2 Å². The van der Waals surface area contributed by atoms with Crippen LogP contribution in [0.3, 0.4) is 0 Å². The first kappa shape index (κ1) is 20.8. The van der Waals surface area contributed by atoms with Crippen molar-refractivity contribution < 1.29 is 9.53 Å². The summed E-state index contributed by atoms with van der Waals surface area (Å²) in [6.07, 6.45) is 2.25. The monoisotopic (exact) mass is 392 g/mol. The van der Waals surface area contributed by atoms with Crippen LogP contribution in [-0.4, -0.2) is 24.4 Å². The molecule has 4 nitrogen and oxygen atoms in total. The van der Waals surface area contributed by atoms with Crippen LogP contribution < -0.4 is 11.1 Å². The number of amides is 1. The van der Waals surface area contributed by atoms with Crippen LogP contribution in [0.2, 0.25) is 0 Å². The lowest BCUT2D eigenvalue weighted by molar-refractivity contribution is 0.1000. The molecule has 1 amide bonds. The molecule has 0 radical (unpaired) electrons. The molecule has 6 heteroatoms. The smallest absolute Gasteiger partial charge is 0.255 e. The second-order valence-corrected chi connectivity index (χ2v) is 7.47. The number of nitrogens with one attached hydrogen (secondary N) is 1. The van der Waals surface area contributed by atoms with Crippen molar-refractivity contribution in [2.24, 2.45) is 5.73 Å². The van der Waals surface area contributed by atoms with Gasteiger partial charge in [0.05, 0.1) is 0 Å². The van der Waals surface area contributed by atoms with Crippen molar-refractivity contribution in [2.75, 3.05) is 18.5 Å². The third kappa shape index (κ3) is 6.02. The van der Waals surface area contributed by atoms with Gasteiger partial charge in [-0.15, -0.1) is 12.4 Å². The number of hydrogen-bond acceptors (Lipinski definition) is 4. The Morgan fingerprint density at radius 2 is 1.85 bits per heavy atom. The van der Waals surface area contributed by atoms with E-state index in [4.69, 9.17) is 10.5 Å². The summed E-state index contributed by atoms with van der Waals surface area (Å²) in [7, 11) is 0. The highest BCUT2D eigenvalue weighted by molar-refractivity contribution is 7.99. The molecular formula is C20H25ClN2O2S. The van der Waals surface area contributed by atoms with Gasteiger partial charge in [-0.25, -0.2) is 0 Å². The molecule has 1 heterocycles. The van der Waals surface area contributed by atoms with Crippen molar-refractivity contribution in [1.29, 1.82) is 0 Å². The van der Waals surface area contributed by atoms with Crippen molar-refractivity contribution in [1.82, 2.24) is 0 Å². The number of ether oxygens (including phenoxy) is 1. The van der Waals surface area contributed by atoms with Gasteiger partial charge in [0.25, 0.3) is 5.91 Å². The second-order valence-electron chi connectivity index (χ2n) is 6.18. The summed E-state index contributed by atoms with van der Waals surface area (Å²) in [5, 5.41) is 3.65. The van der Waals surface area contributed by atoms with Gasteiger partial charge in [-0.1, -0.05) is 24.3 Å². The Labute approximate surface area is 165 Å². The SMILES string of the molecule is Cl.NCc1ccc(C(=O)Nc2cccc(CSC3CCOCC3)c2)cc1. The van der Waals surface area contributed by atoms with Crippen molar-refractivity contribution in [2.45, 2.75) is 30.4 Å². The van der Waals surface area contributed by atoms with E-state index in [-0.39, 0.29) is 18.3 Å². The zero-order chi connectivity index (χ0) is 17.5. The van der Waals surface area contributed by atoms with Crippen molar-refractivity contribution in [3.8, 4) is 0 Å². The minimum atomic E-state index is -0.0993.